The molecule has 1 fully saturated rings. The topological polar surface area (TPSA) is 66.8 Å². The number of rotatable bonds is 4. The van der Waals surface area contributed by atoms with Gasteiger partial charge < -0.3 is 14.7 Å². The quantitative estimate of drug-likeness (QED) is 0.917. The number of benzene rings is 2. The van der Waals surface area contributed by atoms with E-state index in [1.54, 1.807) is 17.0 Å². The highest BCUT2D eigenvalue weighted by molar-refractivity contribution is 5.87. The Balaban J connectivity index is 1.60. The molecule has 5 heteroatoms. The number of amides is 1. The summed E-state index contributed by atoms with van der Waals surface area (Å²) in [5, 5.41) is 8.98. The largest absolute Gasteiger partial charge is 0.478 e. The monoisotopic (exact) mass is 339 g/mol. The first kappa shape index (κ1) is 17.0. The molecule has 0 spiro atoms. The summed E-state index contributed by atoms with van der Waals surface area (Å²) in [5.41, 5.74) is 2.28. The summed E-state index contributed by atoms with van der Waals surface area (Å²) >= 11 is 0. The molecule has 1 saturated heterocycles. The molecule has 5 nitrogen and oxygen atoms in total. The Bertz CT molecular complexity index is 742. The van der Waals surface area contributed by atoms with E-state index in [9.17, 15) is 9.59 Å². The summed E-state index contributed by atoms with van der Waals surface area (Å²) in [6.07, 6.45) is 0.536. The first-order chi connectivity index (χ1) is 12.0. The number of hydrogen-bond donors (Lipinski definition) is 1. The van der Waals surface area contributed by atoms with Crippen LogP contribution in [0.15, 0.2) is 54.6 Å². The predicted octanol–water partition coefficient (Wildman–Crippen LogP) is 3.90. The van der Waals surface area contributed by atoms with Gasteiger partial charge in [-0.15, -0.1) is 0 Å². The van der Waals surface area contributed by atoms with Crippen molar-refractivity contribution in [3.8, 4) is 0 Å². The van der Waals surface area contributed by atoms with Gasteiger partial charge >= 0.3 is 12.1 Å². The van der Waals surface area contributed by atoms with Crippen LogP contribution in [-0.2, 0) is 11.3 Å². The van der Waals surface area contributed by atoms with Gasteiger partial charge in [0.15, 0.2) is 0 Å². The number of ether oxygens (including phenoxy) is 1. The minimum absolute atomic E-state index is 0.0902. The summed E-state index contributed by atoms with van der Waals surface area (Å²) in [6.45, 7) is 2.86. The summed E-state index contributed by atoms with van der Waals surface area (Å²) < 4.78 is 5.43. The van der Waals surface area contributed by atoms with E-state index < -0.39 is 5.97 Å². The molecule has 0 aromatic heterocycles. The van der Waals surface area contributed by atoms with Gasteiger partial charge in [0, 0.05) is 18.5 Å². The van der Waals surface area contributed by atoms with Crippen molar-refractivity contribution in [2.45, 2.75) is 31.9 Å². The maximum absolute atomic E-state index is 12.4. The van der Waals surface area contributed by atoms with Gasteiger partial charge in [-0.05, 0) is 36.6 Å². The van der Waals surface area contributed by atoms with Crippen LogP contribution < -0.4 is 0 Å². The van der Waals surface area contributed by atoms with Crippen molar-refractivity contribution in [2.75, 3.05) is 6.54 Å². The molecule has 1 amide bonds. The molecule has 1 N–H and O–H groups in total. The van der Waals surface area contributed by atoms with Gasteiger partial charge in [-0.1, -0.05) is 42.5 Å². The number of nitrogens with zero attached hydrogens (tertiary/aromatic N) is 1. The molecule has 0 unspecified atom stereocenters. The van der Waals surface area contributed by atoms with Gasteiger partial charge in [0.1, 0.15) is 6.61 Å². The fourth-order valence-electron chi connectivity index (χ4n) is 3.23. The molecule has 0 radical (unpaired) electrons. The zero-order valence-electron chi connectivity index (χ0n) is 14.1. The average Bonchev–Trinajstić information content (AvgIpc) is 3.02. The molecule has 0 saturated carbocycles. The third-order valence-corrected chi connectivity index (χ3v) is 4.64. The molecule has 1 heterocycles. The molecule has 130 valence electrons. The van der Waals surface area contributed by atoms with Gasteiger partial charge in [0.25, 0.3) is 0 Å². The van der Waals surface area contributed by atoms with Crippen LogP contribution in [0.5, 0.6) is 0 Å². The summed E-state index contributed by atoms with van der Waals surface area (Å²) in [6, 6.07) is 16.6. The van der Waals surface area contributed by atoms with Crippen LogP contribution in [0.1, 0.15) is 40.7 Å². The molecule has 0 aliphatic carbocycles. The number of carbonyl (C=O) groups is 2. The second-order valence-electron chi connectivity index (χ2n) is 6.40. The Labute approximate surface area is 146 Å². The Hall–Kier alpha value is -2.82. The number of carboxylic acids is 1. The number of hydrogen-bond acceptors (Lipinski definition) is 3. The highest BCUT2D eigenvalue weighted by atomic mass is 16.6. The van der Waals surface area contributed by atoms with E-state index in [1.807, 2.05) is 49.4 Å². The van der Waals surface area contributed by atoms with Crippen LogP contribution in [0.3, 0.4) is 0 Å². The van der Waals surface area contributed by atoms with E-state index in [0.29, 0.717) is 6.54 Å². The van der Waals surface area contributed by atoms with E-state index in [1.165, 1.54) is 0 Å². The van der Waals surface area contributed by atoms with Crippen LogP contribution in [-0.4, -0.2) is 34.7 Å². The Kier molecular flexibility index (Phi) is 5.03. The zero-order valence-corrected chi connectivity index (χ0v) is 14.1. The van der Waals surface area contributed by atoms with Crippen molar-refractivity contribution in [1.29, 1.82) is 0 Å². The van der Waals surface area contributed by atoms with Crippen LogP contribution in [0.4, 0.5) is 4.79 Å². The lowest BCUT2D eigenvalue weighted by atomic mass is 9.96. The van der Waals surface area contributed by atoms with Crippen LogP contribution in [0, 0.1) is 0 Å². The standard InChI is InChI=1S/C20H21NO4/c1-14-11-18(16-7-9-17(10-8-16)19(22)23)12-21(14)20(24)25-13-15-5-3-2-4-6-15/h2-10,14,18H,11-13H2,1H3,(H,22,23)/t14-,18-/m0/s1. The van der Waals surface area contributed by atoms with E-state index in [0.717, 1.165) is 17.5 Å². The van der Waals surface area contributed by atoms with E-state index in [4.69, 9.17) is 9.84 Å². The second kappa shape index (κ2) is 7.38. The molecule has 3 rings (SSSR count). The third kappa shape index (κ3) is 3.99. The fraction of sp³-hybridized carbons (Fsp3) is 0.300. The molecule has 2 aromatic carbocycles. The molecular formula is C20H21NO4. The Morgan fingerprint density at radius 3 is 2.44 bits per heavy atom. The Morgan fingerprint density at radius 2 is 1.80 bits per heavy atom. The van der Waals surface area contributed by atoms with Crippen molar-refractivity contribution in [1.82, 2.24) is 4.90 Å². The predicted molar refractivity (Wildman–Crippen MR) is 93.6 cm³/mol. The highest BCUT2D eigenvalue weighted by Gasteiger charge is 2.34. The van der Waals surface area contributed by atoms with Gasteiger partial charge in [0.2, 0.25) is 0 Å². The normalized spacial score (nSPS) is 19.6. The van der Waals surface area contributed by atoms with Crippen molar-refractivity contribution in [3.05, 3.63) is 71.3 Å². The Morgan fingerprint density at radius 1 is 1.12 bits per heavy atom. The van der Waals surface area contributed by atoms with Gasteiger partial charge in [-0.3, -0.25) is 0 Å². The average molecular weight is 339 g/mol. The molecule has 2 aromatic rings. The van der Waals surface area contributed by atoms with Crippen molar-refractivity contribution >= 4 is 12.1 Å². The van der Waals surface area contributed by atoms with Crippen LogP contribution in [0.25, 0.3) is 0 Å². The molecule has 1 aliphatic heterocycles. The lowest BCUT2D eigenvalue weighted by molar-refractivity contribution is 0.0696. The van der Waals surface area contributed by atoms with Crippen LogP contribution >= 0.6 is 0 Å². The lowest BCUT2D eigenvalue weighted by Gasteiger charge is -2.20. The maximum Gasteiger partial charge on any atom is 0.410 e. The van der Waals surface area contributed by atoms with Crippen molar-refractivity contribution < 1.29 is 19.4 Å². The van der Waals surface area contributed by atoms with Crippen LogP contribution in [0.2, 0.25) is 0 Å². The van der Waals surface area contributed by atoms with E-state index in [2.05, 4.69) is 0 Å². The maximum atomic E-state index is 12.4. The number of carbonyl (C=O) groups excluding carboxylic acids is 1. The fourth-order valence-corrected chi connectivity index (χ4v) is 3.23. The first-order valence-electron chi connectivity index (χ1n) is 8.35. The van der Waals surface area contributed by atoms with E-state index in [-0.39, 0.29) is 30.2 Å². The minimum atomic E-state index is -0.933. The molecule has 25 heavy (non-hydrogen) atoms. The molecular weight excluding hydrogens is 318 g/mol. The van der Waals surface area contributed by atoms with E-state index >= 15 is 0 Å². The highest BCUT2D eigenvalue weighted by Crippen LogP contribution is 2.32. The molecule has 0 bridgehead atoms. The number of aromatic carboxylic acids is 1. The van der Waals surface area contributed by atoms with Gasteiger partial charge in [0.05, 0.1) is 5.56 Å². The summed E-state index contributed by atoms with van der Waals surface area (Å²) in [4.78, 5) is 25.1. The second-order valence-corrected chi connectivity index (χ2v) is 6.40. The summed E-state index contributed by atoms with van der Waals surface area (Å²) in [7, 11) is 0. The van der Waals surface area contributed by atoms with Crippen molar-refractivity contribution in [3.63, 3.8) is 0 Å². The number of carboxylic acid groups (broad SMARTS) is 1. The zero-order chi connectivity index (χ0) is 17.8. The number of likely N-dealkylation sites (tertiary alicyclic amines) is 1. The molecule has 1 aliphatic rings. The lowest BCUT2D eigenvalue weighted by Crippen LogP contribution is -2.34. The minimum Gasteiger partial charge on any atom is -0.478 e. The van der Waals surface area contributed by atoms with Crippen molar-refractivity contribution in [2.24, 2.45) is 0 Å². The third-order valence-electron chi connectivity index (χ3n) is 4.64. The van der Waals surface area contributed by atoms with Gasteiger partial charge in [-0.2, -0.15) is 0 Å². The molecule has 2 atom stereocenters. The smallest absolute Gasteiger partial charge is 0.410 e. The summed E-state index contributed by atoms with van der Waals surface area (Å²) in [5.74, 6) is -0.737. The SMILES string of the molecule is C[C@H]1C[C@H](c2ccc(C(=O)O)cc2)CN1C(=O)OCc1ccccc1. The first-order valence-corrected chi connectivity index (χ1v) is 8.35. The van der Waals surface area contributed by atoms with Gasteiger partial charge in [-0.25, -0.2) is 9.59 Å².